The largest absolute Gasteiger partial charge is 0.308 e. The first-order valence-electron chi connectivity index (χ1n) is 7.78. The maximum absolute atomic E-state index is 12.4. The Balaban J connectivity index is 1.65. The highest BCUT2D eigenvalue weighted by Gasteiger charge is 2.36. The maximum atomic E-state index is 12.4. The van der Waals surface area contributed by atoms with Gasteiger partial charge in [-0.25, -0.2) is 8.42 Å². The van der Waals surface area contributed by atoms with Crippen LogP contribution in [0.3, 0.4) is 0 Å². The Bertz CT molecular complexity index is 817. The maximum Gasteiger partial charge on any atom is 0.244 e. The van der Waals surface area contributed by atoms with E-state index >= 15 is 0 Å². The van der Waals surface area contributed by atoms with E-state index in [0.29, 0.717) is 31.7 Å². The zero-order valence-corrected chi connectivity index (χ0v) is 14.2. The molecule has 7 nitrogen and oxygen atoms in total. The first-order chi connectivity index (χ1) is 11.4. The van der Waals surface area contributed by atoms with E-state index in [0.717, 1.165) is 11.8 Å². The monoisotopic (exact) mass is 348 g/mol. The summed E-state index contributed by atoms with van der Waals surface area (Å²) in [6, 6.07) is 10.9. The SMILES string of the molecule is CS(=O)(=O)N1CCCC1C(=O)Nc1ccn(Cc2ccccc2)n1. The molecule has 3 rings (SSSR count). The Morgan fingerprint density at radius 3 is 2.75 bits per heavy atom. The number of rotatable bonds is 5. The van der Waals surface area contributed by atoms with E-state index in [2.05, 4.69) is 10.4 Å². The van der Waals surface area contributed by atoms with Crippen LogP contribution in [-0.2, 0) is 21.4 Å². The Morgan fingerprint density at radius 1 is 1.29 bits per heavy atom. The van der Waals surface area contributed by atoms with Gasteiger partial charge in [-0.1, -0.05) is 30.3 Å². The summed E-state index contributed by atoms with van der Waals surface area (Å²) in [4.78, 5) is 12.4. The van der Waals surface area contributed by atoms with Gasteiger partial charge in [-0.05, 0) is 18.4 Å². The van der Waals surface area contributed by atoms with Crippen molar-refractivity contribution in [1.82, 2.24) is 14.1 Å². The third kappa shape index (κ3) is 3.82. The molecule has 1 amide bonds. The summed E-state index contributed by atoms with van der Waals surface area (Å²) in [5.74, 6) is 0.0965. The van der Waals surface area contributed by atoms with Crippen molar-refractivity contribution in [2.45, 2.75) is 25.4 Å². The van der Waals surface area contributed by atoms with E-state index < -0.39 is 16.1 Å². The second kappa shape index (κ2) is 6.74. The quantitative estimate of drug-likeness (QED) is 0.882. The first kappa shape index (κ1) is 16.7. The molecule has 0 radical (unpaired) electrons. The molecule has 0 spiro atoms. The highest BCUT2D eigenvalue weighted by Crippen LogP contribution is 2.21. The van der Waals surface area contributed by atoms with Gasteiger partial charge in [0.1, 0.15) is 6.04 Å². The van der Waals surface area contributed by atoms with Crippen LogP contribution in [0, 0.1) is 0 Å². The molecule has 2 aromatic rings. The molecule has 8 heteroatoms. The van der Waals surface area contributed by atoms with Gasteiger partial charge in [-0.3, -0.25) is 9.48 Å². The molecule has 1 aliphatic rings. The van der Waals surface area contributed by atoms with Crippen LogP contribution in [0.2, 0.25) is 0 Å². The minimum absolute atomic E-state index is 0.331. The number of nitrogens with zero attached hydrogens (tertiary/aromatic N) is 3. The molecule has 24 heavy (non-hydrogen) atoms. The summed E-state index contributed by atoms with van der Waals surface area (Å²) < 4.78 is 26.5. The highest BCUT2D eigenvalue weighted by atomic mass is 32.2. The van der Waals surface area contributed by atoms with Gasteiger partial charge in [-0.15, -0.1) is 0 Å². The van der Waals surface area contributed by atoms with Crippen molar-refractivity contribution in [3.8, 4) is 0 Å². The van der Waals surface area contributed by atoms with Crippen molar-refractivity contribution in [3.05, 3.63) is 48.2 Å². The molecule has 0 bridgehead atoms. The van der Waals surface area contributed by atoms with E-state index in [1.54, 1.807) is 16.9 Å². The van der Waals surface area contributed by atoms with Crippen LogP contribution in [0.25, 0.3) is 0 Å². The molecule has 1 fully saturated rings. The Morgan fingerprint density at radius 2 is 2.04 bits per heavy atom. The number of amides is 1. The summed E-state index contributed by atoms with van der Waals surface area (Å²) >= 11 is 0. The number of hydrogen-bond acceptors (Lipinski definition) is 4. The van der Waals surface area contributed by atoms with E-state index in [4.69, 9.17) is 0 Å². The topological polar surface area (TPSA) is 84.3 Å². The first-order valence-corrected chi connectivity index (χ1v) is 9.63. The van der Waals surface area contributed by atoms with Crippen LogP contribution < -0.4 is 5.32 Å². The van der Waals surface area contributed by atoms with Gasteiger partial charge >= 0.3 is 0 Å². The zero-order chi connectivity index (χ0) is 17.2. The van der Waals surface area contributed by atoms with Gasteiger partial charge in [0.2, 0.25) is 15.9 Å². The normalized spacial score (nSPS) is 18.6. The second-order valence-electron chi connectivity index (χ2n) is 5.91. The lowest BCUT2D eigenvalue weighted by Crippen LogP contribution is -2.42. The lowest BCUT2D eigenvalue weighted by atomic mass is 10.2. The molecule has 0 aliphatic carbocycles. The molecule has 1 aliphatic heterocycles. The van der Waals surface area contributed by atoms with Gasteiger partial charge in [0.15, 0.2) is 5.82 Å². The average Bonchev–Trinajstić information content (AvgIpc) is 3.17. The smallest absolute Gasteiger partial charge is 0.244 e. The lowest BCUT2D eigenvalue weighted by molar-refractivity contribution is -0.119. The molecule has 128 valence electrons. The second-order valence-corrected chi connectivity index (χ2v) is 7.84. The molecular formula is C16H20N4O3S. The summed E-state index contributed by atoms with van der Waals surface area (Å²) in [5.41, 5.74) is 1.11. The molecule has 1 N–H and O–H groups in total. The summed E-state index contributed by atoms with van der Waals surface area (Å²) in [5, 5.41) is 7.04. The average molecular weight is 348 g/mol. The number of sulfonamides is 1. The van der Waals surface area contributed by atoms with Crippen molar-refractivity contribution in [3.63, 3.8) is 0 Å². The number of anilines is 1. The van der Waals surface area contributed by atoms with E-state index in [-0.39, 0.29) is 5.91 Å². The number of benzene rings is 1. The number of carbonyl (C=O) groups excluding carboxylic acids is 1. The van der Waals surface area contributed by atoms with Gasteiger partial charge in [0.05, 0.1) is 12.8 Å². The molecule has 1 atom stereocenters. The van der Waals surface area contributed by atoms with Gasteiger partial charge in [-0.2, -0.15) is 9.40 Å². The van der Waals surface area contributed by atoms with E-state index in [1.165, 1.54) is 4.31 Å². The lowest BCUT2D eigenvalue weighted by Gasteiger charge is -2.20. The number of nitrogens with one attached hydrogen (secondary N) is 1. The highest BCUT2D eigenvalue weighted by molar-refractivity contribution is 7.88. The Kier molecular flexibility index (Phi) is 4.68. The number of carbonyl (C=O) groups is 1. The van der Waals surface area contributed by atoms with Crippen molar-refractivity contribution in [2.24, 2.45) is 0 Å². The van der Waals surface area contributed by atoms with Crippen LogP contribution >= 0.6 is 0 Å². The molecule has 2 heterocycles. The Hall–Kier alpha value is -2.19. The van der Waals surface area contributed by atoms with Crippen LogP contribution in [0.4, 0.5) is 5.82 Å². The zero-order valence-electron chi connectivity index (χ0n) is 13.4. The molecule has 1 saturated heterocycles. The predicted molar refractivity (Wildman–Crippen MR) is 91.0 cm³/mol. The van der Waals surface area contributed by atoms with Crippen LogP contribution in [0.1, 0.15) is 18.4 Å². The molecular weight excluding hydrogens is 328 g/mol. The van der Waals surface area contributed by atoms with Gasteiger partial charge in [0.25, 0.3) is 0 Å². The van der Waals surface area contributed by atoms with Crippen molar-refractivity contribution >= 4 is 21.7 Å². The van der Waals surface area contributed by atoms with E-state index in [1.807, 2.05) is 30.3 Å². The summed E-state index contributed by atoms with van der Waals surface area (Å²) in [6.45, 7) is 0.995. The van der Waals surface area contributed by atoms with Crippen LogP contribution in [0.15, 0.2) is 42.6 Å². The van der Waals surface area contributed by atoms with E-state index in [9.17, 15) is 13.2 Å². The summed E-state index contributed by atoms with van der Waals surface area (Å²) in [7, 11) is -3.38. The van der Waals surface area contributed by atoms with Crippen molar-refractivity contribution in [2.75, 3.05) is 18.1 Å². The van der Waals surface area contributed by atoms with Crippen LogP contribution in [-0.4, -0.2) is 47.3 Å². The molecule has 0 saturated carbocycles. The van der Waals surface area contributed by atoms with Gasteiger partial charge in [0, 0.05) is 18.8 Å². The third-order valence-corrected chi connectivity index (χ3v) is 5.30. The fourth-order valence-electron chi connectivity index (χ4n) is 2.90. The van der Waals surface area contributed by atoms with Crippen molar-refractivity contribution in [1.29, 1.82) is 0 Å². The number of aromatic nitrogens is 2. The van der Waals surface area contributed by atoms with Gasteiger partial charge < -0.3 is 5.32 Å². The van der Waals surface area contributed by atoms with Crippen LogP contribution in [0.5, 0.6) is 0 Å². The third-order valence-electron chi connectivity index (χ3n) is 4.01. The minimum Gasteiger partial charge on any atom is -0.308 e. The summed E-state index contributed by atoms with van der Waals surface area (Å²) in [6.07, 6.45) is 4.13. The van der Waals surface area contributed by atoms with Crippen molar-refractivity contribution < 1.29 is 13.2 Å². The molecule has 1 unspecified atom stereocenters. The standard InChI is InChI=1S/C16H20N4O3S/c1-24(22,23)20-10-5-8-14(20)16(21)17-15-9-11-19(18-15)12-13-6-3-2-4-7-13/h2-4,6-7,9,11,14H,5,8,10,12H2,1H3,(H,17,18,21). The molecule has 1 aromatic carbocycles. The minimum atomic E-state index is -3.38. The predicted octanol–water partition coefficient (Wildman–Crippen LogP) is 1.29. The molecule has 1 aromatic heterocycles. The fraction of sp³-hybridized carbons (Fsp3) is 0.375. The fourth-order valence-corrected chi connectivity index (χ4v) is 4.02. The number of hydrogen-bond donors (Lipinski definition) is 1. The Labute approximate surface area is 141 Å².